The third-order valence-corrected chi connectivity index (χ3v) is 3.53. The van der Waals surface area contributed by atoms with E-state index in [0.717, 1.165) is 17.7 Å². The number of anilines is 1. The molecule has 0 fully saturated rings. The number of aromatic nitrogens is 4. The molecule has 0 aliphatic carbocycles. The van der Waals surface area contributed by atoms with Crippen LogP contribution < -0.4 is 5.32 Å². The molecule has 1 amide bonds. The molecule has 2 aromatic carbocycles. The minimum Gasteiger partial charge on any atom is -0.326 e. The highest BCUT2D eigenvalue weighted by atomic mass is 16.1. The average Bonchev–Trinajstić information content (AvgIpc) is 3.09. The number of tetrazole rings is 1. The maximum absolute atomic E-state index is 12.0. The normalized spacial score (nSPS) is 10.5. The molecule has 116 valence electrons. The molecule has 0 spiro atoms. The Morgan fingerprint density at radius 1 is 1.09 bits per heavy atom. The third-order valence-electron chi connectivity index (χ3n) is 3.53. The first-order chi connectivity index (χ1) is 11.2. The average molecular weight is 307 g/mol. The van der Waals surface area contributed by atoms with Gasteiger partial charge in [0.15, 0.2) is 0 Å². The second-order valence-electron chi connectivity index (χ2n) is 5.35. The molecule has 3 rings (SSSR count). The van der Waals surface area contributed by atoms with Crippen molar-refractivity contribution in [3.05, 3.63) is 59.7 Å². The summed E-state index contributed by atoms with van der Waals surface area (Å²) in [5, 5.41) is 16.6. The molecule has 0 saturated carbocycles. The number of rotatable bonds is 5. The summed E-state index contributed by atoms with van der Waals surface area (Å²) in [7, 11) is 0. The van der Waals surface area contributed by atoms with Gasteiger partial charge >= 0.3 is 0 Å². The Bertz CT molecular complexity index is 764. The van der Waals surface area contributed by atoms with Crippen molar-refractivity contribution in [1.29, 1.82) is 0 Å². The van der Waals surface area contributed by atoms with Gasteiger partial charge in [-0.25, -0.2) is 0 Å². The number of benzene rings is 2. The van der Waals surface area contributed by atoms with Crippen LogP contribution in [0.3, 0.4) is 0 Å². The van der Waals surface area contributed by atoms with Gasteiger partial charge in [-0.05, 0) is 48.4 Å². The topological polar surface area (TPSA) is 83.6 Å². The molecule has 0 unspecified atom stereocenters. The van der Waals surface area contributed by atoms with Crippen molar-refractivity contribution in [3.63, 3.8) is 0 Å². The van der Waals surface area contributed by atoms with Crippen molar-refractivity contribution in [1.82, 2.24) is 20.6 Å². The molecule has 1 heterocycles. The fourth-order valence-electron chi connectivity index (χ4n) is 2.22. The van der Waals surface area contributed by atoms with Crippen LogP contribution in [0, 0.1) is 6.92 Å². The Kier molecular flexibility index (Phi) is 4.42. The van der Waals surface area contributed by atoms with Gasteiger partial charge in [-0.15, -0.1) is 10.2 Å². The SMILES string of the molecule is Cc1ccc(CCC(=O)Nc2ccc(-c3nn[nH]n3)cc2)cc1. The Balaban J connectivity index is 1.54. The first kappa shape index (κ1) is 14.9. The van der Waals surface area contributed by atoms with E-state index in [0.29, 0.717) is 12.2 Å². The molecule has 1 aromatic heterocycles. The fraction of sp³-hybridized carbons (Fsp3) is 0.176. The van der Waals surface area contributed by atoms with Crippen molar-refractivity contribution in [2.75, 3.05) is 5.32 Å². The lowest BCUT2D eigenvalue weighted by Crippen LogP contribution is -2.12. The van der Waals surface area contributed by atoms with E-state index in [4.69, 9.17) is 0 Å². The maximum Gasteiger partial charge on any atom is 0.224 e. The zero-order chi connectivity index (χ0) is 16.1. The summed E-state index contributed by atoms with van der Waals surface area (Å²) in [6, 6.07) is 15.6. The van der Waals surface area contributed by atoms with E-state index in [-0.39, 0.29) is 5.91 Å². The minimum atomic E-state index is -0.00196. The molecule has 0 atom stereocenters. The molecular formula is C17H17N5O. The van der Waals surface area contributed by atoms with Crippen LogP contribution in [0.4, 0.5) is 5.69 Å². The van der Waals surface area contributed by atoms with E-state index < -0.39 is 0 Å². The van der Waals surface area contributed by atoms with E-state index >= 15 is 0 Å². The number of hydrogen-bond acceptors (Lipinski definition) is 4. The largest absolute Gasteiger partial charge is 0.326 e. The highest BCUT2D eigenvalue weighted by Gasteiger charge is 2.05. The number of hydrogen-bond donors (Lipinski definition) is 2. The molecule has 0 bridgehead atoms. The van der Waals surface area contributed by atoms with Crippen LogP contribution in [0.5, 0.6) is 0 Å². The summed E-state index contributed by atoms with van der Waals surface area (Å²) in [5.74, 6) is 0.528. The number of nitrogens with one attached hydrogen (secondary N) is 2. The van der Waals surface area contributed by atoms with Gasteiger partial charge in [-0.2, -0.15) is 5.21 Å². The molecule has 3 aromatic rings. The van der Waals surface area contributed by atoms with Crippen LogP contribution >= 0.6 is 0 Å². The predicted molar refractivity (Wildman–Crippen MR) is 87.7 cm³/mol. The molecule has 23 heavy (non-hydrogen) atoms. The maximum atomic E-state index is 12.0. The summed E-state index contributed by atoms with van der Waals surface area (Å²) in [5.41, 5.74) is 3.99. The third kappa shape index (κ3) is 4.00. The van der Waals surface area contributed by atoms with Crippen LogP contribution in [-0.4, -0.2) is 26.5 Å². The second kappa shape index (κ2) is 6.83. The number of aromatic amines is 1. The summed E-state index contributed by atoms with van der Waals surface area (Å²) >= 11 is 0. The Labute approximate surface area is 133 Å². The molecule has 0 aliphatic heterocycles. The summed E-state index contributed by atoms with van der Waals surface area (Å²) in [6.45, 7) is 2.05. The van der Waals surface area contributed by atoms with Crippen molar-refractivity contribution >= 4 is 11.6 Å². The zero-order valence-electron chi connectivity index (χ0n) is 12.8. The molecule has 6 nitrogen and oxygen atoms in total. The zero-order valence-corrected chi connectivity index (χ0v) is 12.8. The second-order valence-corrected chi connectivity index (χ2v) is 5.35. The number of nitrogens with zero attached hydrogens (tertiary/aromatic N) is 3. The monoisotopic (exact) mass is 307 g/mol. The Morgan fingerprint density at radius 2 is 1.83 bits per heavy atom. The van der Waals surface area contributed by atoms with Gasteiger partial charge in [0.2, 0.25) is 11.7 Å². The van der Waals surface area contributed by atoms with Crippen LogP contribution in [0.15, 0.2) is 48.5 Å². The van der Waals surface area contributed by atoms with Crippen molar-refractivity contribution in [2.45, 2.75) is 19.8 Å². The number of carbonyl (C=O) groups excluding carboxylic acids is 1. The molecule has 0 aliphatic rings. The van der Waals surface area contributed by atoms with Crippen LogP contribution in [0.1, 0.15) is 17.5 Å². The van der Waals surface area contributed by atoms with Gasteiger partial charge < -0.3 is 5.32 Å². The molecule has 2 N–H and O–H groups in total. The molecule has 0 saturated heterocycles. The Morgan fingerprint density at radius 3 is 2.48 bits per heavy atom. The first-order valence-electron chi connectivity index (χ1n) is 7.40. The lowest BCUT2D eigenvalue weighted by atomic mass is 10.1. The van der Waals surface area contributed by atoms with Crippen molar-refractivity contribution in [2.24, 2.45) is 0 Å². The van der Waals surface area contributed by atoms with Crippen LogP contribution in [0.2, 0.25) is 0 Å². The highest BCUT2D eigenvalue weighted by Crippen LogP contribution is 2.17. The standard InChI is InChI=1S/C17H17N5O/c1-12-2-4-13(5-3-12)6-11-16(23)18-15-9-7-14(8-10-15)17-19-21-22-20-17/h2-5,7-10H,6,11H2,1H3,(H,18,23)(H,19,20,21,22). The smallest absolute Gasteiger partial charge is 0.224 e. The van der Waals surface area contributed by atoms with E-state index in [2.05, 4.69) is 57.1 Å². The first-order valence-corrected chi connectivity index (χ1v) is 7.40. The predicted octanol–water partition coefficient (Wildman–Crippen LogP) is 2.75. The van der Waals surface area contributed by atoms with Gasteiger partial charge in [0.25, 0.3) is 0 Å². The van der Waals surface area contributed by atoms with Gasteiger partial charge in [0.05, 0.1) is 0 Å². The number of H-pyrrole nitrogens is 1. The van der Waals surface area contributed by atoms with Crippen molar-refractivity contribution < 1.29 is 4.79 Å². The lowest BCUT2D eigenvalue weighted by Gasteiger charge is -2.06. The van der Waals surface area contributed by atoms with Crippen LogP contribution in [0.25, 0.3) is 11.4 Å². The number of amides is 1. The molecule has 6 heteroatoms. The molecular weight excluding hydrogens is 290 g/mol. The minimum absolute atomic E-state index is 0.00196. The van der Waals surface area contributed by atoms with Gasteiger partial charge in [-0.1, -0.05) is 29.8 Å². The van der Waals surface area contributed by atoms with E-state index in [1.54, 1.807) is 0 Å². The summed E-state index contributed by atoms with van der Waals surface area (Å²) < 4.78 is 0. The fourth-order valence-corrected chi connectivity index (χ4v) is 2.22. The lowest BCUT2D eigenvalue weighted by molar-refractivity contribution is -0.116. The van der Waals surface area contributed by atoms with Gasteiger partial charge in [0, 0.05) is 17.7 Å². The van der Waals surface area contributed by atoms with E-state index in [9.17, 15) is 4.79 Å². The molecule has 0 radical (unpaired) electrons. The van der Waals surface area contributed by atoms with E-state index in [1.165, 1.54) is 11.1 Å². The summed E-state index contributed by atoms with van der Waals surface area (Å²) in [4.78, 5) is 12.0. The van der Waals surface area contributed by atoms with Crippen molar-refractivity contribution in [3.8, 4) is 11.4 Å². The Hall–Kier alpha value is -3.02. The summed E-state index contributed by atoms with van der Waals surface area (Å²) in [6.07, 6.45) is 1.18. The number of aryl methyl sites for hydroxylation is 2. The highest BCUT2D eigenvalue weighted by molar-refractivity contribution is 5.91. The van der Waals surface area contributed by atoms with Crippen LogP contribution in [-0.2, 0) is 11.2 Å². The van der Waals surface area contributed by atoms with Gasteiger partial charge in [-0.3, -0.25) is 4.79 Å². The number of carbonyl (C=O) groups is 1. The quantitative estimate of drug-likeness (QED) is 0.759. The van der Waals surface area contributed by atoms with Gasteiger partial charge in [0.1, 0.15) is 0 Å². The van der Waals surface area contributed by atoms with E-state index in [1.807, 2.05) is 24.3 Å².